The molecule has 0 aliphatic carbocycles. The Morgan fingerprint density at radius 2 is 1.85 bits per heavy atom. The Morgan fingerprint density at radius 1 is 1.31 bits per heavy atom. The molecule has 1 N–H and O–H groups in total. The minimum atomic E-state index is 0.125. The Labute approximate surface area is 81.9 Å². The SMILES string of the molecule is CCN1CCC(C(C)(C)CO)CC1. The molecule has 2 heteroatoms. The van der Waals surface area contributed by atoms with Crippen LogP contribution in [0.4, 0.5) is 0 Å². The van der Waals surface area contributed by atoms with Crippen LogP contribution < -0.4 is 0 Å². The minimum absolute atomic E-state index is 0.125. The number of hydrogen-bond donors (Lipinski definition) is 1. The van der Waals surface area contributed by atoms with Crippen molar-refractivity contribution in [2.45, 2.75) is 33.6 Å². The van der Waals surface area contributed by atoms with Gasteiger partial charge in [0.15, 0.2) is 0 Å². The monoisotopic (exact) mass is 185 g/mol. The molecule has 1 saturated heterocycles. The topological polar surface area (TPSA) is 23.5 Å². The molecular formula is C11H23NO. The molecule has 0 aromatic rings. The highest BCUT2D eigenvalue weighted by molar-refractivity contribution is 4.82. The van der Waals surface area contributed by atoms with Gasteiger partial charge in [0.2, 0.25) is 0 Å². The first-order chi connectivity index (χ1) is 6.10. The zero-order chi connectivity index (χ0) is 9.90. The Balaban J connectivity index is 2.40. The van der Waals surface area contributed by atoms with E-state index in [2.05, 4.69) is 25.7 Å². The van der Waals surface area contributed by atoms with E-state index >= 15 is 0 Å². The fraction of sp³-hybridized carbons (Fsp3) is 1.00. The molecule has 1 fully saturated rings. The lowest BCUT2D eigenvalue weighted by Gasteiger charge is -2.39. The number of aliphatic hydroxyl groups is 1. The van der Waals surface area contributed by atoms with Crippen LogP contribution in [0, 0.1) is 11.3 Å². The highest BCUT2D eigenvalue weighted by Crippen LogP contribution is 2.34. The van der Waals surface area contributed by atoms with Crippen LogP contribution in [-0.4, -0.2) is 36.2 Å². The average molecular weight is 185 g/mol. The minimum Gasteiger partial charge on any atom is -0.396 e. The zero-order valence-electron chi connectivity index (χ0n) is 9.21. The van der Waals surface area contributed by atoms with Crippen molar-refractivity contribution in [1.29, 1.82) is 0 Å². The van der Waals surface area contributed by atoms with Gasteiger partial charge in [-0.2, -0.15) is 0 Å². The summed E-state index contributed by atoms with van der Waals surface area (Å²) < 4.78 is 0. The van der Waals surface area contributed by atoms with E-state index in [-0.39, 0.29) is 5.41 Å². The first kappa shape index (κ1) is 11.0. The van der Waals surface area contributed by atoms with Crippen molar-refractivity contribution in [2.75, 3.05) is 26.2 Å². The lowest BCUT2D eigenvalue weighted by Crippen LogP contribution is -2.40. The standard InChI is InChI=1S/C11H23NO/c1-4-12-7-5-10(6-8-12)11(2,3)9-13/h10,13H,4-9H2,1-3H3. The van der Waals surface area contributed by atoms with E-state index in [4.69, 9.17) is 0 Å². The molecule has 0 aromatic heterocycles. The summed E-state index contributed by atoms with van der Waals surface area (Å²) in [6.07, 6.45) is 2.50. The van der Waals surface area contributed by atoms with E-state index in [1.807, 2.05) is 0 Å². The molecular weight excluding hydrogens is 162 g/mol. The summed E-state index contributed by atoms with van der Waals surface area (Å²) in [7, 11) is 0. The summed E-state index contributed by atoms with van der Waals surface area (Å²) in [5.74, 6) is 0.709. The van der Waals surface area contributed by atoms with Crippen molar-refractivity contribution in [3.8, 4) is 0 Å². The molecule has 0 bridgehead atoms. The molecule has 0 aromatic carbocycles. The molecule has 0 radical (unpaired) electrons. The Morgan fingerprint density at radius 3 is 2.23 bits per heavy atom. The van der Waals surface area contributed by atoms with Gasteiger partial charge in [-0.1, -0.05) is 20.8 Å². The third kappa shape index (κ3) is 2.68. The fourth-order valence-corrected chi connectivity index (χ4v) is 2.16. The zero-order valence-corrected chi connectivity index (χ0v) is 9.21. The summed E-state index contributed by atoms with van der Waals surface area (Å²) in [6.45, 7) is 10.5. The van der Waals surface area contributed by atoms with E-state index < -0.39 is 0 Å². The summed E-state index contributed by atoms with van der Waals surface area (Å²) in [5.41, 5.74) is 0.125. The van der Waals surface area contributed by atoms with Gasteiger partial charge in [-0.15, -0.1) is 0 Å². The third-order valence-electron chi connectivity index (χ3n) is 3.55. The lowest BCUT2D eigenvalue weighted by atomic mass is 9.74. The first-order valence-electron chi connectivity index (χ1n) is 5.43. The van der Waals surface area contributed by atoms with Crippen LogP contribution in [0.2, 0.25) is 0 Å². The summed E-state index contributed by atoms with van der Waals surface area (Å²) in [5, 5.41) is 9.26. The Hall–Kier alpha value is -0.0800. The molecule has 0 spiro atoms. The van der Waals surface area contributed by atoms with Crippen LogP contribution in [0.3, 0.4) is 0 Å². The number of aliphatic hydroxyl groups excluding tert-OH is 1. The van der Waals surface area contributed by atoms with Crippen molar-refractivity contribution in [1.82, 2.24) is 4.90 Å². The van der Waals surface area contributed by atoms with E-state index in [0.29, 0.717) is 12.5 Å². The van der Waals surface area contributed by atoms with Gasteiger partial charge in [-0.25, -0.2) is 0 Å². The molecule has 0 atom stereocenters. The van der Waals surface area contributed by atoms with Crippen molar-refractivity contribution in [3.05, 3.63) is 0 Å². The van der Waals surface area contributed by atoms with Gasteiger partial charge in [0.1, 0.15) is 0 Å². The van der Waals surface area contributed by atoms with Crippen molar-refractivity contribution < 1.29 is 5.11 Å². The second-order valence-corrected chi connectivity index (χ2v) is 4.86. The predicted molar refractivity (Wildman–Crippen MR) is 55.7 cm³/mol. The molecule has 1 heterocycles. The highest BCUT2D eigenvalue weighted by Gasteiger charge is 2.31. The maximum Gasteiger partial charge on any atom is 0.0484 e. The van der Waals surface area contributed by atoms with Gasteiger partial charge in [0.05, 0.1) is 0 Å². The largest absolute Gasteiger partial charge is 0.396 e. The Kier molecular flexibility index (Phi) is 3.74. The maximum absolute atomic E-state index is 9.26. The smallest absolute Gasteiger partial charge is 0.0484 e. The van der Waals surface area contributed by atoms with Gasteiger partial charge in [0.25, 0.3) is 0 Å². The second kappa shape index (κ2) is 4.43. The molecule has 13 heavy (non-hydrogen) atoms. The fourth-order valence-electron chi connectivity index (χ4n) is 2.16. The number of hydrogen-bond acceptors (Lipinski definition) is 2. The van der Waals surface area contributed by atoms with Crippen LogP contribution in [-0.2, 0) is 0 Å². The summed E-state index contributed by atoms with van der Waals surface area (Å²) in [4.78, 5) is 2.49. The lowest BCUT2D eigenvalue weighted by molar-refractivity contribution is 0.0506. The van der Waals surface area contributed by atoms with Crippen molar-refractivity contribution in [3.63, 3.8) is 0 Å². The van der Waals surface area contributed by atoms with Crippen LogP contribution >= 0.6 is 0 Å². The number of rotatable bonds is 3. The molecule has 1 aliphatic rings. The maximum atomic E-state index is 9.26. The highest BCUT2D eigenvalue weighted by atomic mass is 16.3. The number of piperidine rings is 1. The molecule has 1 aliphatic heterocycles. The molecule has 78 valence electrons. The van der Waals surface area contributed by atoms with E-state index in [0.717, 1.165) is 0 Å². The molecule has 0 amide bonds. The van der Waals surface area contributed by atoms with E-state index in [1.165, 1.54) is 32.5 Å². The normalized spacial score (nSPS) is 22.2. The summed E-state index contributed by atoms with van der Waals surface area (Å²) >= 11 is 0. The number of likely N-dealkylation sites (tertiary alicyclic amines) is 1. The Bertz CT molecular complexity index is 148. The van der Waals surface area contributed by atoms with Crippen molar-refractivity contribution >= 4 is 0 Å². The van der Waals surface area contributed by atoms with Crippen LogP contribution in [0.15, 0.2) is 0 Å². The third-order valence-corrected chi connectivity index (χ3v) is 3.55. The molecule has 2 nitrogen and oxygen atoms in total. The van der Waals surface area contributed by atoms with E-state index in [9.17, 15) is 5.11 Å². The van der Waals surface area contributed by atoms with E-state index in [1.54, 1.807) is 0 Å². The number of nitrogens with zero attached hydrogens (tertiary/aromatic N) is 1. The van der Waals surface area contributed by atoms with Gasteiger partial charge >= 0.3 is 0 Å². The first-order valence-corrected chi connectivity index (χ1v) is 5.43. The van der Waals surface area contributed by atoms with Crippen molar-refractivity contribution in [2.24, 2.45) is 11.3 Å². The molecule has 0 unspecified atom stereocenters. The average Bonchev–Trinajstić information content (AvgIpc) is 2.18. The van der Waals surface area contributed by atoms with Gasteiger partial charge in [-0.05, 0) is 43.8 Å². The van der Waals surface area contributed by atoms with Gasteiger partial charge < -0.3 is 10.0 Å². The van der Waals surface area contributed by atoms with Crippen LogP contribution in [0.5, 0.6) is 0 Å². The van der Waals surface area contributed by atoms with Crippen LogP contribution in [0.1, 0.15) is 33.6 Å². The quantitative estimate of drug-likeness (QED) is 0.724. The second-order valence-electron chi connectivity index (χ2n) is 4.86. The van der Waals surface area contributed by atoms with Gasteiger partial charge in [0, 0.05) is 6.61 Å². The molecule has 1 rings (SSSR count). The molecule has 0 saturated carbocycles. The predicted octanol–water partition coefficient (Wildman–Crippen LogP) is 1.74. The van der Waals surface area contributed by atoms with Gasteiger partial charge in [-0.3, -0.25) is 0 Å². The van der Waals surface area contributed by atoms with Crippen LogP contribution in [0.25, 0.3) is 0 Å². The summed E-state index contributed by atoms with van der Waals surface area (Å²) in [6, 6.07) is 0.